The highest BCUT2D eigenvalue weighted by atomic mass is 35.5. The summed E-state index contributed by atoms with van der Waals surface area (Å²) in [6, 6.07) is 4.05. The van der Waals surface area contributed by atoms with Gasteiger partial charge in [0.25, 0.3) is 0 Å². The topological polar surface area (TPSA) is 45.5 Å². The number of benzene rings is 1. The molecule has 1 aromatic carbocycles. The van der Waals surface area contributed by atoms with E-state index in [0.717, 1.165) is 27.8 Å². The molecule has 0 saturated carbocycles. The molecule has 0 atom stereocenters. The predicted molar refractivity (Wildman–Crippen MR) is 110 cm³/mol. The van der Waals surface area contributed by atoms with E-state index in [1.54, 1.807) is 7.11 Å². The van der Waals surface area contributed by atoms with Crippen molar-refractivity contribution in [3.8, 4) is 11.1 Å². The third-order valence-electron chi connectivity index (χ3n) is 5.76. The van der Waals surface area contributed by atoms with Crippen molar-refractivity contribution in [1.82, 2.24) is 9.78 Å². The minimum atomic E-state index is -0.424. The summed E-state index contributed by atoms with van der Waals surface area (Å²) >= 11 is 6.67. The highest BCUT2D eigenvalue weighted by molar-refractivity contribution is 6.63. The molecule has 3 rings (SSSR count). The van der Waals surface area contributed by atoms with Crippen molar-refractivity contribution in [2.75, 3.05) is 13.7 Å². The van der Waals surface area contributed by atoms with Crippen molar-refractivity contribution in [3.63, 3.8) is 0 Å². The fourth-order valence-corrected chi connectivity index (χ4v) is 3.52. The molecule has 146 valence electrons. The molecule has 0 aliphatic carbocycles. The molecular formula is C20H28BClN2O3. The summed E-state index contributed by atoms with van der Waals surface area (Å²) in [5.74, 6) is 0. The Labute approximate surface area is 167 Å². The van der Waals surface area contributed by atoms with Gasteiger partial charge in [0.15, 0.2) is 0 Å². The molecule has 1 saturated heterocycles. The average Bonchev–Trinajstić information content (AvgIpc) is 3.03. The number of ether oxygens (including phenoxy) is 1. The first kappa shape index (κ1) is 20.4. The maximum absolute atomic E-state index is 6.67. The van der Waals surface area contributed by atoms with Gasteiger partial charge in [0.05, 0.1) is 30.6 Å². The van der Waals surface area contributed by atoms with Gasteiger partial charge in [-0.05, 0) is 53.1 Å². The average molecular weight is 391 g/mol. The summed E-state index contributed by atoms with van der Waals surface area (Å²) in [5, 5.41) is 5.13. The molecule has 27 heavy (non-hydrogen) atoms. The van der Waals surface area contributed by atoms with Crippen LogP contribution in [0, 0.1) is 13.8 Å². The summed E-state index contributed by atoms with van der Waals surface area (Å²) in [5.41, 5.74) is 4.35. The molecule has 0 bridgehead atoms. The van der Waals surface area contributed by atoms with Gasteiger partial charge in [0, 0.05) is 29.0 Å². The summed E-state index contributed by atoms with van der Waals surface area (Å²) in [6.45, 7) is 13.6. The number of methoxy groups -OCH3 is 1. The Kier molecular flexibility index (Phi) is 5.47. The fraction of sp³-hybridized carbons (Fsp3) is 0.550. The van der Waals surface area contributed by atoms with E-state index in [0.29, 0.717) is 18.2 Å². The van der Waals surface area contributed by atoms with Crippen molar-refractivity contribution in [2.45, 2.75) is 59.3 Å². The zero-order valence-corrected chi connectivity index (χ0v) is 18.0. The molecule has 0 spiro atoms. The smallest absolute Gasteiger partial charge is 0.399 e. The Balaban J connectivity index is 1.94. The van der Waals surface area contributed by atoms with E-state index in [1.165, 1.54) is 0 Å². The maximum atomic E-state index is 6.67. The van der Waals surface area contributed by atoms with Crippen LogP contribution in [0.1, 0.15) is 39.0 Å². The number of nitrogens with zero attached hydrogens (tertiary/aromatic N) is 2. The van der Waals surface area contributed by atoms with Crippen LogP contribution in [0.3, 0.4) is 0 Å². The van der Waals surface area contributed by atoms with Crippen LogP contribution in [0.4, 0.5) is 0 Å². The van der Waals surface area contributed by atoms with Gasteiger partial charge >= 0.3 is 7.12 Å². The van der Waals surface area contributed by atoms with E-state index in [1.807, 2.05) is 23.9 Å². The van der Waals surface area contributed by atoms with Crippen LogP contribution >= 0.6 is 11.6 Å². The highest BCUT2D eigenvalue weighted by Gasteiger charge is 2.52. The number of halogens is 1. The van der Waals surface area contributed by atoms with Crippen molar-refractivity contribution in [1.29, 1.82) is 0 Å². The van der Waals surface area contributed by atoms with Gasteiger partial charge in [-0.15, -0.1) is 0 Å². The first-order chi connectivity index (χ1) is 12.6. The van der Waals surface area contributed by atoms with Crippen LogP contribution in [-0.2, 0) is 20.6 Å². The number of aryl methyl sites for hydroxylation is 1. The van der Waals surface area contributed by atoms with E-state index < -0.39 is 7.12 Å². The Morgan fingerprint density at radius 3 is 2.33 bits per heavy atom. The summed E-state index contributed by atoms with van der Waals surface area (Å²) in [4.78, 5) is 0. The quantitative estimate of drug-likeness (QED) is 0.729. The predicted octanol–water partition coefficient (Wildman–Crippen LogP) is 3.77. The first-order valence-electron chi connectivity index (χ1n) is 9.25. The molecule has 1 aliphatic rings. The third-order valence-corrected chi connectivity index (χ3v) is 6.08. The van der Waals surface area contributed by atoms with Gasteiger partial charge in [-0.25, -0.2) is 0 Å². The minimum Gasteiger partial charge on any atom is -0.399 e. The molecule has 0 radical (unpaired) electrons. The number of hydrogen-bond acceptors (Lipinski definition) is 4. The molecular weight excluding hydrogens is 362 g/mol. The van der Waals surface area contributed by atoms with Crippen LogP contribution in [0.15, 0.2) is 18.3 Å². The molecule has 5 nitrogen and oxygen atoms in total. The minimum absolute atomic E-state index is 0.381. The van der Waals surface area contributed by atoms with Gasteiger partial charge in [-0.3, -0.25) is 4.68 Å². The Hall–Kier alpha value is -1.34. The lowest BCUT2D eigenvalue weighted by Gasteiger charge is -2.32. The lowest BCUT2D eigenvalue weighted by atomic mass is 9.75. The Morgan fingerprint density at radius 2 is 1.74 bits per heavy atom. The van der Waals surface area contributed by atoms with Gasteiger partial charge in [0.1, 0.15) is 0 Å². The highest BCUT2D eigenvalue weighted by Crippen LogP contribution is 2.38. The van der Waals surface area contributed by atoms with E-state index >= 15 is 0 Å². The van der Waals surface area contributed by atoms with Crippen molar-refractivity contribution in [2.24, 2.45) is 0 Å². The van der Waals surface area contributed by atoms with Crippen LogP contribution in [-0.4, -0.2) is 41.8 Å². The number of hydrogen-bond donors (Lipinski definition) is 0. The zero-order chi connectivity index (χ0) is 20.0. The SMILES string of the molecule is COCCn1ncc(-c2cc(C)c(B3OC(C)(C)C(C)(C)O3)cc2Cl)c1C. The largest absolute Gasteiger partial charge is 0.495 e. The summed E-state index contributed by atoms with van der Waals surface area (Å²) in [7, 11) is 1.26. The van der Waals surface area contributed by atoms with E-state index in [4.69, 9.17) is 25.6 Å². The van der Waals surface area contributed by atoms with Crippen LogP contribution in [0.5, 0.6) is 0 Å². The number of rotatable bonds is 5. The molecule has 2 aromatic rings. The van der Waals surface area contributed by atoms with Crippen LogP contribution in [0.2, 0.25) is 5.02 Å². The number of aromatic nitrogens is 2. The summed E-state index contributed by atoms with van der Waals surface area (Å²) < 4.78 is 19.5. The molecule has 2 heterocycles. The molecule has 1 aromatic heterocycles. The maximum Gasteiger partial charge on any atom is 0.495 e. The molecule has 0 N–H and O–H groups in total. The van der Waals surface area contributed by atoms with Crippen molar-refractivity contribution in [3.05, 3.63) is 34.6 Å². The van der Waals surface area contributed by atoms with Gasteiger partial charge < -0.3 is 14.0 Å². The first-order valence-corrected chi connectivity index (χ1v) is 9.62. The van der Waals surface area contributed by atoms with E-state index in [2.05, 4.69) is 45.8 Å². The van der Waals surface area contributed by atoms with E-state index in [-0.39, 0.29) is 11.2 Å². The molecule has 1 aliphatic heterocycles. The second kappa shape index (κ2) is 7.24. The standard InChI is InChI=1S/C20H28BClN2O3/c1-13-10-15(16-12-23-24(14(16)2)8-9-25-7)18(22)11-17(13)21-26-19(3,4)20(5,6)27-21/h10-12H,8-9H2,1-7H3. The molecule has 1 fully saturated rings. The fourth-order valence-electron chi connectivity index (χ4n) is 3.24. The molecule has 0 unspecified atom stereocenters. The van der Waals surface area contributed by atoms with Crippen LogP contribution in [0.25, 0.3) is 11.1 Å². The third kappa shape index (κ3) is 3.68. The molecule has 7 heteroatoms. The molecule has 0 amide bonds. The normalized spacial score (nSPS) is 18.3. The van der Waals surface area contributed by atoms with E-state index in [9.17, 15) is 0 Å². The van der Waals surface area contributed by atoms with Crippen molar-refractivity contribution >= 4 is 24.2 Å². The lowest BCUT2D eigenvalue weighted by molar-refractivity contribution is 0.00578. The Morgan fingerprint density at radius 1 is 1.11 bits per heavy atom. The van der Waals surface area contributed by atoms with Crippen molar-refractivity contribution < 1.29 is 14.0 Å². The van der Waals surface area contributed by atoms with Gasteiger partial charge in [0.2, 0.25) is 0 Å². The zero-order valence-electron chi connectivity index (χ0n) is 17.2. The monoisotopic (exact) mass is 390 g/mol. The second-order valence-corrected chi connectivity index (χ2v) is 8.54. The Bertz CT molecular complexity index is 832. The van der Waals surface area contributed by atoms with Crippen LogP contribution < -0.4 is 5.46 Å². The summed E-state index contributed by atoms with van der Waals surface area (Å²) in [6.07, 6.45) is 1.86. The van der Waals surface area contributed by atoms with Gasteiger partial charge in [-0.2, -0.15) is 5.10 Å². The lowest BCUT2D eigenvalue weighted by Crippen LogP contribution is -2.41. The van der Waals surface area contributed by atoms with Gasteiger partial charge in [-0.1, -0.05) is 23.2 Å². The second-order valence-electron chi connectivity index (χ2n) is 8.14.